The zero-order chi connectivity index (χ0) is 23.3. The predicted octanol–water partition coefficient (Wildman–Crippen LogP) is 9.91. The van der Waals surface area contributed by atoms with E-state index in [0.29, 0.717) is 5.92 Å². The van der Waals surface area contributed by atoms with Gasteiger partial charge in [0.15, 0.2) is 0 Å². The van der Waals surface area contributed by atoms with Gasteiger partial charge >= 0.3 is 0 Å². The van der Waals surface area contributed by atoms with Gasteiger partial charge in [-0.1, -0.05) is 110 Å². The standard InChI is InChI=1S/C31H51FO/c1-3-5-6-7-8-10-26-15-17-28(18-16-26)24-33-30-22-21-29(31(32)23-30)20-19-27-13-11-25(9-4-2)12-14-27/h21-23,25-28H,3-20,24H2,1-2H3. The van der Waals surface area contributed by atoms with Crippen molar-refractivity contribution in [3.8, 4) is 5.75 Å². The molecule has 3 rings (SSSR count). The van der Waals surface area contributed by atoms with E-state index in [1.54, 1.807) is 6.07 Å². The lowest BCUT2D eigenvalue weighted by atomic mass is 9.78. The molecule has 1 nitrogen and oxygen atoms in total. The number of hydrogen-bond donors (Lipinski definition) is 0. The number of aryl methyl sites for hydroxylation is 1. The van der Waals surface area contributed by atoms with Crippen molar-refractivity contribution in [1.29, 1.82) is 0 Å². The van der Waals surface area contributed by atoms with E-state index in [1.165, 1.54) is 103 Å². The van der Waals surface area contributed by atoms with Crippen LogP contribution in [0.1, 0.15) is 129 Å². The van der Waals surface area contributed by atoms with Gasteiger partial charge < -0.3 is 4.74 Å². The van der Waals surface area contributed by atoms with Crippen LogP contribution in [0.25, 0.3) is 0 Å². The van der Waals surface area contributed by atoms with Gasteiger partial charge in [0.05, 0.1) is 6.61 Å². The van der Waals surface area contributed by atoms with Gasteiger partial charge in [-0.05, 0) is 61.0 Å². The molecule has 0 aromatic heterocycles. The molecule has 2 aliphatic carbocycles. The van der Waals surface area contributed by atoms with Gasteiger partial charge in [0.2, 0.25) is 0 Å². The highest BCUT2D eigenvalue weighted by Crippen LogP contribution is 2.35. The first-order valence-corrected chi connectivity index (χ1v) is 14.6. The predicted molar refractivity (Wildman–Crippen MR) is 139 cm³/mol. The molecular formula is C31H51FO. The van der Waals surface area contributed by atoms with Crippen molar-refractivity contribution in [3.05, 3.63) is 29.6 Å². The second kappa shape index (κ2) is 15.0. The van der Waals surface area contributed by atoms with Crippen LogP contribution < -0.4 is 4.74 Å². The largest absolute Gasteiger partial charge is 0.493 e. The first kappa shape index (κ1) is 26.6. The van der Waals surface area contributed by atoms with Crippen LogP contribution in [0.15, 0.2) is 18.2 Å². The van der Waals surface area contributed by atoms with Gasteiger partial charge in [0, 0.05) is 6.07 Å². The highest BCUT2D eigenvalue weighted by Gasteiger charge is 2.22. The fourth-order valence-electron chi connectivity index (χ4n) is 6.33. The Labute approximate surface area is 204 Å². The van der Waals surface area contributed by atoms with Crippen molar-refractivity contribution in [1.82, 2.24) is 0 Å². The summed E-state index contributed by atoms with van der Waals surface area (Å²) in [6, 6.07) is 5.61. The molecule has 0 aliphatic heterocycles. The summed E-state index contributed by atoms with van der Waals surface area (Å²) in [6.07, 6.45) is 23.8. The summed E-state index contributed by atoms with van der Waals surface area (Å²) in [5.74, 6) is 3.96. The summed E-state index contributed by atoms with van der Waals surface area (Å²) in [5, 5.41) is 0. The average molecular weight is 459 g/mol. The summed E-state index contributed by atoms with van der Waals surface area (Å²) in [7, 11) is 0. The quantitative estimate of drug-likeness (QED) is 0.252. The minimum absolute atomic E-state index is 0.0704. The molecule has 0 amide bonds. The molecule has 0 unspecified atom stereocenters. The molecule has 33 heavy (non-hydrogen) atoms. The molecular weight excluding hydrogens is 407 g/mol. The van der Waals surface area contributed by atoms with Gasteiger partial charge in [-0.3, -0.25) is 0 Å². The van der Waals surface area contributed by atoms with Crippen LogP contribution in [0.4, 0.5) is 4.39 Å². The van der Waals surface area contributed by atoms with Crippen molar-refractivity contribution in [3.63, 3.8) is 0 Å². The van der Waals surface area contributed by atoms with E-state index < -0.39 is 0 Å². The monoisotopic (exact) mass is 458 g/mol. The minimum atomic E-state index is -0.0704. The molecule has 0 saturated heterocycles. The van der Waals surface area contributed by atoms with Gasteiger partial charge in [-0.2, -0.15) is 0 Å². The van der Waals surface area contributed by atoms with E-state index in [1.807, 2.05) is 12.1 Å². The fourth-order valence-corrected chi connectivity index (χ4v) is 6.33. The van der Waals surface area contributed by atoms with Crippen molar-refractivity contribution in [2.75, 3.05) is 6.61 Å². The van der Waals surface area contributed by atoms with E-state index in [0.717, 1.165) is 48.5 Å². The van der Waals surface area contributed by atoms with Crippen molar-refractivity contribution in [2.45, 2.75) is 129 Å². The molecule has 0 radical (unpaired) electrons. The van der Waals surface area contributed by atoms with E-state index in [4.69, 9.17) is 4.74 Å². The Morgan fingerprint density at radius 1 is 0.697 bits per heavy atom. The normalized spacial score (nSPS) is 25.8. The first-order chi connectivity index (χ1) is 16.2. The first-order valence-electron chi connectivity index (χ1n) is 14.6. The summed E-state index contributed by atoms with van der Waals surface area (Å²) >= 11 is 0. The zero-order valence-electron chi connectivity index (χ0n) is 21.8. The minimum Gasteiger partial charge on any atom is -0.493 e. The number of halogens is 1. The van der Waals surface area contributed by atoms with E-state index in [9.17, 15) is 4.39 Å². The lowest BCUT2D eigenvalue weighted by Gasteiger charge is -2.28. The molecule has 0 bridgehead atoms. The summed E-state index contributed by atoms with van der Waals surface area (Å²) < 4.78 is 20.7. The Balaban J connectivity index is 1.30. The van der Waals surface area contributed by atoms with E-state index in [-0.39, 0.29) is 5.82 Å². The second-order valence-corrected chi connectivity index (χ2v) is 11.4. The third kappa shape index (κ3) is 9.61. The molecule has 0 heterocycles. The Morgan fingerprint density at radius 3 is 1.94 bits per heavy atom. The number of unbranched alkanes of at least 4 members (excludes halogenated alkanes) is 4. The van der Waals surface area contributed by atoms with Crippen LogP contribution in [0.3, 0.4) is 0 Å². The number of hydrogen-bond acceptors (Lipinski definition) is 1. The van der Waals surface area contributed by atoms with Crippen LogP contribution in [0, 0.1) is 29.5 Å². The fraction of sp³-hybridized carbons (Fsp3) is 0.806. The maximum Gasteiger partial charge on any atom is 0.130 e. The Hall–Kier alpha value is -1.05. The van der Waals surface area contributed by atoms with Crippen LogP contribution in [-0.2, 0) is 6.42 Å². The van der Waals surface area contributed by atoms with Gasteiger partial charge in [-0.25, -0.2) is 4.39 Å². The Morgan fingerprint density at radius 2 is 1.30 bits per heavy atom. The summed E-state index contributed by atoms with van der Waals surface area (Å²) in [4.78, 5) is 0. The molecule has 1 aromatic carbocycles. The second-order valence-electron chi connectivity index (χ2n) is 11.4. The molecule has 1 aromatic rings. The lowest BCUT2D eigenvalue weighted by molar-refractivity contribution is 0.177. The van der Waals surface area contributed by atoms with E-state index >= 15 is 0 Å². The third-order valence-electron chi connectivity index (χ3n) is 8.68. The Kier molecular flexibility index (Phi) is 12.1. The summed E-state index contributed by atoms with van der Waals surface area (Å²) in [5.41, 5.74) is 0.873. The highest BCUT2D eigenvalue weighted by atomic mass is 19.1. The average Bonchev–Trinajstić information content (AvgIpc) is 2.84. The van der Waals surface area contributed by atoms with Crippen molar-refractivity contribution < 1.29 is 9.13 Å². The van der Waals surface area contributed by atoms with Crippen molar-refractivity contribution >= 4 is 0 Å². The lowest BCUT2D eigenvalue weighted by Crippen LogP contribution is -2.20. The molecule has 2 aliphatic rings. The molecule has 2 saturated carbocycles. The van der Waals surface area contributed by atoms with Crippen molar-refractivity contribution in [2.24, 2.45) is 23.7 Å². The number of benzene rings is 1. The molecule has 0 atom stereocenters. The molecule has 2 heteroatoms. The highest BCUT2D eigenvalue weighted by molar-refractivity contribution is 5.29. The van der Waals surface area contributed by atoms with Crippen LogP contribution in [-0.4, -0.2) is 6.61 Å². The van der Waals surface area contributed by atoms with Crippen LogP contribution in [0.5, 0.6) is 5.75 Å². The smallest absolute Gasteiger partial charge is 0.130 e. The van der Waals surface area contributed by atoms with Gasteiger partial charge in [0.1, 0.15) is 11.6 Å². The number of ether oxygens (including phenoxy) is 1. The molecule has 2 fully saturated rings. The van der Waals surface area contributed by atoms with Gasteiger partial charge in [0.25, 0.3) is 0 Å². The van der Waals surface area contributed by atoms with Crippen LogP contribution >= 0.6 is 0 Å². The van der Waals surface area contributed by atoms with E-state index in [2.05, 4.69) is 13.8 Å². The SMILES string of the molecule is CCCCCCCC1CCC(COc2ccc(CCC3CCC(CCC)CC3)c(F)c2)CC1. The maximum absolute atomic E-state index is 14.7. The maximum atomic E-state index is 14.7. The topological polar surface area (TPSA) is 9.23 Å². The molecule has 0 spiro atoms. The number of rotatable bonds is 14. The zero-order valence-corrected chi connectivity index (χ0v) is 21.8. The van der Waals surface area contributed by atoms with Crippen LogP contribution in [0.2, 0.25) is 0 Å². The third-order valence-corrected chi connectivity index (χ3v) is 8.68. The molecule has 188 valence electrons. The van der Waals surface area contributed by atoms with Gasteiger partial charge in [-0.15, -0.1) is 0 Å². The summed E-state index contributed by atoms with van der Waals surface area (Å²) in [6.45, 7) is 5.33. The Bertz CT molecular complexity index is 640. The molecule has 0 N–H and O–H groups in total.